The van der Waals surface area contributed by atoms with Crippen molar-refractivity contribution in [1.29, 1.82) is 0 Å². The lowest BCUT2D eigenvalue weighted by atomic mass is 10.1. The summed E-state index contributed by atoms with van der Waals surface area (Å²) in [4.78, 5) is 9.30. The summed E-state index contributed by atoms with van der Waals surface area (Å²) in [5.41, 5.74) is 6.22. The van der Waals surface area contributed by atoms with Crippen molar-refractivity contribution in [3.8, 4) is 28.2 Å². The molecule has 2 aromatic carbocycles. The van der Waals surface area contributed by atoms with Gasteiger partial charge in [-0.05, 0) is 24.3 Å². The Hall–Kier alpha value is -3.87. The summed E-state index contributed by atoms with van der Waals surface area (Å²) in [5, 5.41) is 12.5. The van der Waals surface area contributed by atoms with E-state index in [9.17, 15) is 0 Å². The largest absolute Gasteiger partial charge is 0.275 e. The predicted octanol–water partition coefficient (Wildman–Crippen LogP) is 3.28. The summed E-state index contributed by atoms with van der Waals surface area (Å²) >= 11 is 0. The maximum Gasteiger partial charge on any atom is 0.0945 e. The van der Waals surface area contributed by atoms with Crippen LogP contribution in [-0.2, 0) is 7.05 Å². The molecule has 0 aliphatic carbocycles. The van der Waals surface area contributed by atoms with Crippen LogP contribution in [0.3, 0.4) is 0 Å². The van der Waals surface area contributed by atoms with Gasteiger partial charge in [0.05, 0.1) is 46.7 Å². The van der Waals surface area contributed by atoms with Gasteiger partial charge in [-0.15, -0.1) is 5.10 Å². The molecule has 0 N–H and O–H groups in total. The van der Waals surface area contributed by atoms with Crippen LogP contribution in [0.1, 0.15) is 0 Å². The normalized spacial score (nSPS) is 11.1. The zero-order chi connectivity index (χ0) is 18.2. The maximum atomic E-state index is 4.77. The van der Waals surface area contributed by atoms with E-state index >= 15 is 0 Å². The second-order valence-corrected chi connectivity index (χ2v) is 6.23. The molecule has 5 rings (SSSR count). The fourth-order valence-corrected chi connectivity index (χ4v) is 3.06. The lowest BCUT2D eigenvalue weighted by molar-refractivity contribution is 0.768. The van der Waals surface area contributed by atoms with Gasteiger partial charge < -0.3 is 0 Å². The quantitative estimate of drug-likeness (QED) is 0.498. The van der Waals surface area contributed by atoms with Crippen LogP contribution in [0.4, 0.5) is 0 Å². The number of hydrogen-bond acceptors (Lipinski definition) is 5. The minimum atomic E-state index is 0.794. The monoisotopic (exact) mass is 353 g/mol. The summed E-state index contributed by atoms with van der Waals surface area (Å²) in [5.74, 6) is 0. The molecule has 0 amide bonds. The molecular weight excluding hydrogens is 338 g/mol. The van der Waals surface area contributed by atoms with E-state index in [4.69, 9.17) is 4.98 Å². The van der Waals surface area contributed by atoms with Crippen LogP contribution in [-0.4, -0.2) is 34.7 Å². The van der Waals surface area contributed by atoms with E-state index in [1.54, 1.807) is 23.3 Å². The van der Waals surface area contributed by atoms with Gasteiger partial charge >= 0.3 is 0 Å². The van der Waals surface area contributed by atoms with Gasteiger partial charge in [-0.25, -0.2) is 9.67 Å². The fourth-order valence-electron chi connectivity index (χ4n) is 3.06. The molecule has 5 aromatic rings. The van der Waals surface area contributed by atoms with Crippen LogP contribution >= 0.6 is 0 Å². The summed E-state index contributed by atoms with van der Waals surface area (Å²) in [7, 11) is 1.88. The first-order chi connectivity index (χ1) is 13.3. The first-order valence-corrected chi connectivity index (χ1v) is 8.50. The third-order valence-electron chi connectivity index (χ3n) is 4.39. The maximum absolute atomic E-state index is 4.77. The Morgan fingerprint density at radius 3 is 2.56 bits per heavy atom. The number of benzene rings is 2. The molecule has 0 aliphatic heterocycles. The molecule has 0 fully saturated rings. The standard InChI is InChI=1S/C20H15N7/c1-26-13-15(10-23-26)19-11-21-17-8-7-14(9-18(17)24-19)20-12-22-25-27(20)16-5-3-2-4-6-16/h2-13H,1H3. The van der Waals surface area contributed by atoms with E-state index < -0.39 is 0 Å². The Morgan fingerprint density at radius 1 is 0.852 bits per heavy atom. The Bertz CT molecular complexity index is 1240. The first-order valence-electron chi connectivity index (χ1n) is 8.50. The molecule has 7 nitrogen and oxygen atoms in total. The van der Waals surface area contributed by atoms with Gasteiger partial charge in [0.15, 0.2) is 0 Å². The van der Waals surface area contributed by atoms with Crippen LogP contribution in [0, 0.1) is 0 Å². The average Bonchev–Trinajstić information content (AvgIpc) is 3.37. The molecule has 0 atom stereocenters. The number of aromatic nitrogens is 7. The highest BCUT2D eigenvalue weighted by molar-refractivity contribution is 5.82. The minimum Gasteiger partial charge on any atom is -0.275 e. The molecule has 0 bridgehead atoms. The summed E-state index contributed by atoms with van der Waals surface area (Å²) in [6.45, 7) is 0. The number of rotatable bonds is 3. The second-order valence-electron chi connectivity index (χ2n) is 6.23. The SMILES string of the molecule is Cn1cc(-c2cnc3ccc(-c4cnnn4-c4ccccc4)cc3n2)cn1. The molecule has 0 spiro atoms. The molecular formula is C20H15N7. The van der Waals surface area contributed by atoms with Gasteiger partial charge in [0.25, 0.3) is 0 Å². The fraction of sp³-hybridized carbons (Fsp3) is 0.0500. The van der Waals surface area contributed by atoms with E-state index in [1.807, 2.05) is 66.5 Å². The number of para-hydroxylation sites is 1. The second kappa shape index (κ2) is 6.14. The topological polar surface area (TPSA) is 74.3 Å². The number of aryl methyl sites for hydroxylation is 1. The van der Waals surface area contributed by atoms with E-state index in [-0.39, 0.29) is 0 Å². The van der Waals surface area contributed by atoms with Crippen LogP contribution in [0.2, 0.25) is 0 Å². The summed E-state index contributed by atoms with van der Waals surface area (Å²) in [6, 6.07) is 15.9. The van der Waals surface area contributed by atoms with Gasteiger partial charge in [0.2, 0.25) is 0 Å². The molecule has 27 heavy (non-hydrogen) atoms. The highest BCUT2D eigenvalue weighted by Gasteiger charge is 2.11. The molecule has 3 aromatic heterocycles. The van der Waals surface area contributed by atoms with Crippen molar-refractivity contribution in [3.63, 3.8) is 0 Å². The van der Waals surface area contributed by atoms with E-state index in [1.165, 1.54) is 0 Å². The smallest absolute Gasteiger partial charge is 0.0945 e. The van der Waals surface area contributed by atoms with Crippen molar-refractivity contribution in [1.82, 2.24) is 34.7 Å². The van der Waals surface area contributed by atoms with Crippen LogP contribution in [0.15, 0.2) is 73.3 Å². The lowest BCUT2D eigenvalue weighted by Crippen LogP contribution is -1.99. The number of nitrogens with zero attached hydrogens (tertiary/aromatic N) is 7. The third-order valence-corrected chi connectivity index (χ3v) is 4.39. The summed E-state index contributed by atoms with van der Waals surface area (Å²) in [6.07, 6.45) is 7.24. The van der Waals surface area contributed by atoms with Crippen molar-refractivity contribution in [2.75, 3.05) is 0 Å². The zero-order valence-corrected chi connectivity index (χ0v) is 14.6. The Morgan fingerprint density at radius 2 is 1.74 bits per heavy atom. The molecule has 130 valence electrons. The van der Waals surface area contributed by atoms with Crippen LogP contribution in [0.25, 0.3) is 39.2 Å². The molecule has 7 heteroatoms. The van der Waals surface area contributed by atoms with Gasteiger partial charge in [-0.2, -0.15) is 5.10 Å². The number of hydrogen-bond donors (Lipinski definition) is 0. The molecule has 0 saturated heterocycles. The molecule has 3 heterocycles. The van der Waals surface area contributed by atoms with E-state index in [0.717, 1.165) is 39.2 Å². The van der Waals surface area contributed by atoms with Crippen molar-refractivity contribution in [2.45, 2.75) is 0 Å². The lowest BCUT2D eigenvalue weighted by Gasteiger charge is -2.07. The third kappa shape index (κ3) is 2.75. The minimum absolute atomic E-state index is 0.794. The van der Waals surface area contributed by atoms with E-state index in [0.29, 0.717) is 0 Å². The highest BCUT2D eigenvalue weighted by atomic mass is 15.4. The van der Waals surface area contributed by atoms with Gasteiger partial charge in [0, 0.05) is 24.4 Å². The van der Waals surface area contributed by atoms with Gasteiger partial charge in [0.1, 0.15) is 0 Å². The predicted molar refractivity (Wildman–Crippen MR) is 102 cm³/mol. The Labute approximate surface area is 154 Å². The molecule has 0 saturated carbocycles. The number of fused-ring (bicyclic) bond motifs is 1. The van der Waals surface area contributed by atoms with Crippen molar-refractivity contribution >= 4 is 11.0 Å². The van der Waals surface area contributed by atoms with Crippen LogP contribution < -0.4 is 0 Å². The Balaban J connectivity index is 1.62. The zero-order valence-electron chi connectivity index (χ0n) is 14.6. The van der Waals surface area contributed by atoms with Gasteiger partial charge in [-0.3, -0.25) is 9.67 Å². The van der Waals surface area contributed by atoms with Gasteiger partial charge in [-0.1, -0.05) is 29.5 Å². The highest BCUT2D eigenvalue weighted by Crippen LogP contribution is 2.25. The van der Waals surface area contributed by atoms with Crippen LogP contribution in [0.5, 0.6) is 0 Å². The average molecular weight is 353 g/mol. The molecule has 0 unspecified atom stereocenters. The van der Waals surface area contributed by atoms with Crippen molar-refractivity contribution in [2.24, 2.45) is 7.05 Å². The van der Waals surface area contributed by atoms with Crippen molar-refractivity contribution < 1.29 is 0 Å². The molecule has 0 radical (unpaired) electrons. The summed E-state index contributed by atoms with van der Waals surface area (Å²) < 4.78 is 3.57. The molecule has 0 aliphatic rings. The van der Waals surface area contributed by atoms with E-state index in [2.05, 4.69) is 20.4 Å². The Kier molecular flexibility index (Phi) is 3.50. The van der Waals surface area contributed by atoms with Crippen molar-refractivity contribution in [3.05, 3.63) is 73.3 Å². The first kappa shape index (κ1) is 15.4.